The van der Waals surface area contributed by atoms with Gasteiger partial charge in [-0.1, -0.05) is 42.5 Å². The Kier molecular flexibility index (Phi) is 4.10. The summed E-state index contributed by atoms with van der Waals surface area (Å²) in [6.45, 7) is 1.70. The standard InChI is InChI=1S/C16H20O5/c1-16(18)8-7-12-13(20-14(16)9-17)10-19-15(21-12)11-5-3-2-4-6-11/h2-8,12-15,17-18H,9-10H2,1H3/t12-,13+,14-,15+,16+/m0/s1. The lowest BCUT2D eigenvalue weighted by atomic mass is 9.99. The molecule has 2 aliphatic rings. The Morgan fingerprint density at radius 1 is 1.24 bits per heavy atom. The van der Waals surface area contributed by atoms with Crippen LogP contribution in [0.5, 0.6) is 0 Å². The molecule has 0 radical (unpaired) electrons. The summed E-state index contributed by atoms with van der Waals surface area (Å²) < 4.78 is 17.4. The van der Waals surface area contributed by atoms with Crippen molar-refractivity contribution in [3.05, 3.63) is 48.0 Å². The molecule has 0 saturated carbocycles. The molecule has 0 unspecified atom stereocenters. The first-order chi connectivity index (χ1) is 10.1. The number of fused-ring (bicyclic) bond motifs is 1. The topological polar surface area (TPSA) is 68.2 Å². The van der Waals surface area contributed by atoms with Gasteiger partial charge in [-0.25, -0.2) is 0 Å². The molecular weight excluding hydrogens is 272 g/mol. The summed E-state index contributed by atoms with van der Waals surface area (Å²) in [6, 6.07) is 9.69. The minimum atomic E-state index is -1.22. The Labute approximate surface area is 123 Å². The van der Waals surface area contributed by atoms with Crippen molar-refractivity contribution < 1.29 is 24.4 Å². The van der Waals surface area contributed by atoms with Gasteiger partial charge in [0.25, 0.3) is 0 Å². The molecule has 0 spiro atoms. The molecule has 0 bridgehead atoms. The van der Waals surface area contributed by atoms with Gasteiger partial charge < -0.3 is 24.4 Å². The molecule has 0 aromatic heterocycles. The molecular formula is C16H20O5. The van der Waals surface area contributed by atoms with Crippen LogP contribution in [0.2, 0.25) is 0 Å². The Morgan fingerprint density at radius 2 is 2.00 bits per heavy atom. The molecule has 5 nitrogen and oxygen atoms in total. The molecule has 1 aromatic carbocycles. The van der Waals surface area contributed by atoms with Crippen molar-refractivity contribution in [1.29, 1.82) is 0 Å². The van der Waals surface area contributed by atoms with E-state index in [-0.39, 0.29) is 18.8 Å². The summed E-state index contributed by atoms with van der Waals surface area (Å²) in [5.41, 5.74) is -0.281. The second-order valence-corrected chi connectivity index (χ2v) is 5.61. The Hall–Kier alpha value is -1.24. The molecule has 5 atom stereocenters. The summed E-state index contributed by atoms with van der Waals surface area (Å²) in [6.07, 6.45) is 1.63. The zero-order valence-electron chi connectivity index (χ0n) is 11.9. The quantitative estimate of drug-likeness (QED) is 0.801. The van der Waals surface area contributed by atoms with E-state index in [2.05, 4.69) is 0 Å². The third-order valence-electron chi connectivity index (χ3n) is 3.91. The SMILES string of the molecule is C[C@@]1(O)C=C[C@@H]2O[C@H](c3ccccc3)OC[C@H]2O[C@H]1CO. The van der Waals surface area contributed by atoms with Gasteiger partial charge in [0.15, 0.2) is 6.29 Å². The Morgan fingerprint density at radius 3 is 2.71 bits per heavy atom. The van der Waals surface area contributed by atoms with Gasteiger partial charge in [0.2, 0.25) is 0 Å². The van der Waals surface area contributed by atoms with E-state index in [1.165, 1.54) is 0 Å². The van der Waals surface area contributed by atoms with Gasteiger partial charge in [0.05, 0.1) is 13.2 Å². The molecule has 114 valence electrons. The minimum Gasteiger partial charge on any atom is -0.394 e. The highest BCUT2D eigenvalue weighted by Crippen LogP contribution is 2.32. The van der Waals surface area contributed by atoms with E-state index in [4.69, 9.17) is 14.2 Å². The van der Waals surface area contributed by atoms with Crippen LogP contribution in [0.1, 0.15) is 18.8 Å². The monoisotopic (exact) mass is 292 g/mol. The maximum Gasteiger partial charge on any atom is 0.184 e. The predicted molar refractivity (Wildman–Crippen MR) is 75.5 cm³/mol. The van der Waals surface area contributed by atoms with Gasteiger partial charge >= 0.3 is 0 Å². The molecule has 0 amide bonds. The fourth-order valence-electron chi connectivity index (χ4n) is 2.59. The highest BCUT2D eigenvalue weighted by Gasteiger charge is 2.41. The second-order valence-electron chi connectivity index (χ2n) is 5.61. The van der Waals surface area contributed by atoms with Crippen molar-refractivity contribution >= 4 is 0 Å². The van der Waals surface area contributed by atoms with Crippen molar-refractivity contribution in [2.75, 3.05) is 13.2 Å². The van der Waals surface area contributed by atoms with Crippen molar-refractivity contribution in [3.8, 4) is 0 Å². The highest BCUT2D eigenvalue weighted by molar-refractivity contribution is 5.17. The number of benzene rings is 1. The maximum atomic E-state index is 10.3. The zero-order chi connectivity index (χ0) is 14.9. The van der Waals surface area contributed by atoms with Crippen molar-refractivity contribution in [2.24, 2.45) is 0 Å². The summed E-state index contributed by atoms with van der Waals surface area (Å²) in [5.74, 6) is 0. The van der Waals surface area contributed by atoms with Crippen molar-refractivity contribution in [3.63, 3.8) is 0 Å². The molecule has 1 fully saturated rings. The number of hydrogen-bond donors (Lipinski definition) is 2. The van der Waals surface area contributed by atoms with Gasteiger partial charge in [-0.3, -0.25) is 0 Å². The van der Waals surface area contributed by atoms with Gasteiger partial charge in [-0.2, -0.15) is 0 Å². The molecule has 2 aliphatic heterocycles. The van der Waals surface area contributed by atoms with Crippen LogP contribution in [0.25, 0.3) is 0 Å². The summed E-state index contributed by atoms with van der Waals surface area (Å²) in [4.78, 5) is 0. The van der Waals surface area contributed by atoms with Crippen molar-refractivity contribution in [1.82, 2.24) is 0 Å². The highest BCUT2D eigenvalue weighted by atomic mass is 16.7. The van der Waals surface area contributed by atoms with E-state index >= 15 is 0 Å². The predicted octanol–water partition coefficient (Wildman–Crippen LogP) is 1.17. The second kappa shape index (κ2) is 5.87. The molecule has 2 N–H and O–H groups in total. The van der Waals surface area contributed by atoms with Crippen LogP contribution < -0.4 is 0 Å². The fourth-order valence-corrected chi connectivity index (χ4v) is 2.59. The molecule has 1 saturated heterocycles. The Balaban J connectivity index is 1.77. The largest absolute Gasteiger partial charge is 0.394 e. The number of aliphatic hydroxyl groups is 2. The van der Waals surface area contributed by atoms with Gasteiger partial charge in [0.1, 0.15) is 23.9 Å². The first kappa shape index (κ1) is 14.7. The van der Waals surface area contributed by atoms with Crippen molar-refractivity contribution in [2.45, 2.75) is 37.1 Å². The van der Waals surface area contributed by atoms with E-state index in [9.17, 15) is 10.2 Å². The normalized spacial score (nSPS) is 39.6. The molecule has 5 heteroatoms. The zero-order valence-corrected chi connectivity index (χ0v) is 11.9. The van der Waals surface area contributed by atoms with Gasteiger partial charge in [-0.15, -0.1) is 0 Å². The maximum absolute atomic E-state index is 10.3. The minimum absolute atomic E-state index is 0.261. The number of ether oxygens (including phenoxy) is 3. The molecule has 21 heavy (non-hydrogen) atoms. The van der Waals surface area contributed by atoms with Crippen LogP contribution in [0.3, 0.4) is 0 Å². The third kappa shape index (κ3) is 3.02. The van der Waals surface area contributed by atoms with Crippen LogP contribution >= 0.6 is 0 Å². The smallest absolute Gasteiger partial charge is 0.184 e. The number of aliphatic hydroxyl groups excluding tert-OH is 1. The van der Waals surface area contributed by atoms with Crippen LogP contribution in [0, 0.1) is 0 Å². The lowest BCUT2D eigenvalue weighted by molar-refractivity contribution is -0.267. The summed E-state index contributed by atoms with van der Waals surface area (Å²) in [7, 11) is 0. The number of rotatable bonds is 2. The third-order valence-corrected chi connectivity index (χ3v) is 3.91. The van der Waals surface area contributed by atoms with E-state index in [1.54, 1.807) is 19.1 Å². The molecule has 1 aromatic rings. The van der Waals surface area contributed by atoms with E-state index in [1.807, 2.05) is 30.3 Å². The molecule has 2 heterocycles. The van der Waals surface area contributed by atoms with E-state index in [0.29, 0.717) is 6.61 Å². The van der Waals surface area contributed by atoms with Crippen LogP contribution in [0.15, 0.2) is 42.5 Å². The van der Waals surface area contributed by atoms with E-state index in [0.717, 1.165) is 5.56 Å². The summed E-state index contributed by atoms with van der Waals surface area (Å²) in [5, 5.41) is 19.6. The van der Waals surface area contributed by atoms with Crippen LogP contribution in [-0.2, 0) is 14.2 Å². The van der Waals surface area contributed by atoms with Gasteiger partial charge in [0, 0.05) is 5.56 Å². The lowest BCUT2D eigenvalue weighted by Gasteiger charge is -2.36. The number of hydrogen-bond acceptors (Lipinski definition) is 5. The van der Waals surface area contributed by atoms with Gasteiger partial charge in [-0.05, 0) is 6.92 Å². The molecule has 0 aliphatic carbocycles. The average molecular weight is 292 g/mol. The first-order valence-corrected chi connectivity index (χ1v) is 7.10. The lowest BCUT2D eigenvalue weighted by Crippen LogP contribution is -2.47. The summed E-state index contributed by atoms with van der Waals surface area (Å²) >= 11 is 0. The molecule has 3 rings (SSSR count). The average Bonchev–Trinajstić information content (AvgIpc) is 2.64. The fraction of sp³-hybridized carbons (Fsp3) is 0.500. The first-order valence-electron chi connectivity index (χ1n) is 7.10. The van der Waals surface area contributed by atoms with E-state index < -0.39 is 18.0 Å². The van der Waals surface area contributed by atoms with Crippen LogP contribution in [0.4, 0.5) is 0 Å². The Bertz CT molecular complexity index is 499. The van der Waals surface area contributed by atoms with Crippen LogP contribution in [-0.4, -0.2) is 47.3 Å².